The first-order chi connectivity index (χ1) is 7.73. The minimum Gasteiger partial charge on any atom is -0.368 e. The molecule has 0 saturated heterocycles. The van der Waals surface area contributed by atoms with Crippen LogP contribution in [0.5, 0.6) is 0 Å². The molecular formula is C10H20N4O3. The van der Waals surface area contributed by atoms with Gasteiger partial charge in [-0.15, -0.1) is 0 Å². The molecular weight excluding hydrogens is 224 g/mol. The summed E-state index contributed by atoms with van der Waals surface area (Å²) in [4.78, 5) is 34.3. The monoisotopic (exact) mass is 244 g/mol. The van der Waals surface area contributed by atoms with Crippen LogP contribution in [0.2, 0.25) is 0 Å². The molecule has 0 aromatic carbocycles. The van der Waals surface area contributed by atoms with Crippen molar-refractivity contribution in [3.05, 3.63) is 0 Å². The lowest BCUT2D eigenvalue weighted by molar-refractivity contribution is -0.138. The summed E-state index contributed by atoms with van der Waals surface area (Å²) in [5.41, 5.74) is 15.7. The van der Waals surface area contributed by atoms with E-state index >= 15 is 0 Å². The fourth-order valence-corrected chi connectivity index (χ4v) is 1.17. The Labute approximate surface area is 100 Å². The number of carbonyl (C=O) groups excluding carboxylic acids is 3. The molecule has 0 bridgehead atoms. The summed E-state index contributed by atoms with van der Waals surface area (Å²) in [6, 6.07) is -0.328. The minimum absolute atomic E-state index is 0.0538. The van der Waals surface area contributed by atoms with Gasteiger partial charge in [-0.2, -0.15) is 0 Å². The molecule has 0 aliphatic heterocycles. The average Bonchev–Trinajstić information content (AvgIpc) is 2.14. The lowest BCUT2D eigenvalue weighted by Gasteiger charge is -2.22. The van der Waals surface area contributed by atoms with Crippen molar-refractivity contribution < 1.29 is 14.4 Å². The number of carbonyl (C=O) groups is 3. The van der Waals surface area contributed by atoms with Crippen LogP contribution in [0.1, 0.15) is 20.3 Å². The molecule has 1 unspecified atom stereocenters. The molecule has 0 heterocycles. The van der Waals surface area contributed by atoms with Crippen LogP contribution >= 0.6 is 0 Å². The zero-order chi connectivity index (χ0) is 13.6. The van der Waals surface area contributed by atoms with Gasteiger partial charge in [-0.3, -0.25) is 14.4 Å². The van der Waals surface area contributed by atoms with E-state index in [-0.39, 0.29) is 31.5 Å². The van der Waals surface area contributed by atoms with E-state index in [1.807, 2.05) is 13.8 Å². The third-order valence-electron chi connectivity index (χ3n) is 2.31. The molecule has 0 rings (SSSR count). The molecule has 0 aromatic rings. The van der Waals surface area contributed by atoms with E-state index in [9.17, 15) is 14.4 Å². The van der Waals surface area contributed by atoms with Gasteiger partial charge in [0.05, 0.1) is 13.1 Å². The predicted octanol–water partition coefficient (Wildman–Crippen LogP) is -1.84. The Hall–Kier alpha value is -1.63. The molecule has 7 heteroatoms. The number of rotatable bonds is 7. The van der Waals surface area contributed by atoms with Crippen LogP contribution < -0.4 is 17.2 Å². The highest BCUT2D eigenvalue weighted by molar-refractivity contribution is 5.88. The summed E-state index contributed by atoms with van der Waals surface area (Å²) in [6.07, 6.45) is 0.0538. The molecule has 0 fully saturated rings. The zero-order valence-corrected chi connectivity index (χ0v) is 10.2. The molecule has 6 N–H and O–H groups in total. The molecule has 0 radical (unpaired) electrons. The van der Waals surface area contributed by atoms with Crippen molar-refractivity contribution in [2.24, 2.45) is 23.1 Å². The van der Waals surface area contributed by atoms with Gasteiger partial charge >= 0.3 is 0 Å². The largest absolute Gasteiger partial charge is 0.368 e. The molecule has 17 heavy (non-hydrogen) atoms. The summed E-state index contributed by atoms with van der Waals surface area (Å²) >= 11 is 0. The van der Waals surface area contributed by atoms with Crippen molar-refractivity contribution in [2.45, 2.75) is 26.3 Å². The SMILES string of the molecule is CC(C)C(N)CC(=O)N(CC(N)=O)CC(N)=O. The molecule has 1 atom stereocenters. The Morgan fingerprint density at radius 3 is 1.76 bits per heavy atom. The fourth-order valence-electron chi connectivity index (χ4n) is 1.17. The number of hydrogen-bond acceptors (Lipinski definition) is 4. The van der Waals surface area contributed by atoms with E-state index in [0.29, 0.717) is 0 Å². The topological polar surface area (TPSA) is 133 Å². The second kappa shape index (κ2) is 6.85. The van der Waals surface area contributed by atoms with Crippen LogP contribution in [0.4, 0.5) is 0 Å². The van der Waals surface area contributed by atoms with Gasteiger partial charge in [0.2, 0.25) is 17.7 Å². The molecule has 0 aliphatic carbocycles. The van der Waals surface area contributed by atoms with Crippen molar-refractivity contribution in [1.29, 1.82) is 0 Å². The number of nitrogens with two attached hydrogens (primary N) is 3. The van der Waals surface area contributed by atoms with Crippen molar-refractivity contribution >= 4 is 17.7 Å². The molecule has 7 nitrogen and oxygen atoms in total. The van der Waals surface area contributed by atoms with Gasteiger partial charge in [0.25, 0.3) is 0 Å². The van der Waals surface area contributed by atoms with Gasteiger partial charge in [-0.25, -0.2) is 0 Å². The Kier molecular flexibility index (Phi) is 6.19. The Morgan fingerprint density at radius 2 is 1.47 bits per heavy atom. The van der Waals surface area contributed by atoms with Crippen LogP contribution in [0.3, 0.4) is 0 Å². The van der Waals surface area contributed by atoms with Crippen molar-refractivity contribution in [3.8, 4) is 0 Å². The molecule has 0 saturated carbocycles. The number of primary amides is 2. The van der Waals surface area contributed by atoms with Crippen LogP contribution in [-0.4, -0.2) is 41.8 Å². The van der Waals surface area contributed by atoms with Gasteiger partial charge in [-0.05, 0) is 5.92 Å². The highest BCUT2D eigenvalue weighted by Crippen LogP contribution is 2.05. The smallest absolute Gasteiger partial charge is 0.237 e. The molecule has 98 valence electrons. The summed E-state index contributed by atoms with van der Waals surface area (Å²) in [5.74, 6) is -1.66. The van der Waals surface area contributed by atoms with Gasteiger partial charge in [0, 0.05) is 12.5 Å². The maximum Gasteiger partial charge on any atom is 0.237 e. The first-order valence-corrected chi connectivity index (χ1v) is 5.34. The lowest BCUT2D eigenvalue weighted by Crippen LogP contribution is -2.45. The first-order valence-electron chi connectivity index (χ1n) is 5.34. The average molecular weight is 244 g/mol. The maximum absolute atomic E-state index is 11.8. The van der Waals surface area contributed by atoms with Gasteiger partial charge < -0.3 is 22.1 Å². The van der Waals surface area contributed by atoms with Crippen LogP contribution in [-0.2, 0) is 14.4 Å². The molecule has 0 aromatic heterocycles. The van der Waals surface area contributed by atoms with Gasteiger partial charge in [0.1, 0.15) is 0 Å². The first kappa shape index (κ1) is 15.4. The van der Waals surface area contributed by atoms with Gasteiger partial charge in [-0.1, -0.05) is 13.8 Å². The van der Waals surface area contributed by atoms with Crippen LogP contribution in [0.15, 0.2) is 0 Å². The second-order valence-corrected chi connectivity index (χ2v) is 4.29. The maximum atomic E-state index is 11.8. The van der Waals surface area contributed by atoms with Crippen LogP contribution in [0, 0.1) is 5.92 Å². The van der Waals surface area contributed by atoms with Crippen molar-refractivity contribution in [2.75, 3.05) is 13.1 Å². The predicted molar refractivity (Wildman–Crippen MR) is 62.4 cm³/mol. The number of amides is 3. The molecule has 3 amide bonds. The molecule has 0 aliphatic rings. The summed E-state index contributed by atoms with van der Waals surface area (Å²) < 4.78 is 0. The second-order valence-electron chi connectivity index (χ2n) is 4.29. The Morgan fingerprint density at radius 1 is 1.06 bits per heavy atom. The van der Waals surface area contributed by atoms with E-state index in [2.05, 4.69) is 0 Å². The van der Waals surface area contributed by atoms with E-state index in [0.717, 1.165) is 4.90 Å². The summed E-state index contributed by atoms with van der Waals surface area (Å²) in [7, 11) is 0. The molecule has 0 spiro atoms. The fraction of sp³-hybridized carbons (Fsp3) is 0.700. The van der Waals surface area contributed by atoms with E-state index in [4.69, 9.17) is 17.2 Å². The third-order valence-corrected chi connectivity index (χ3v) is 2.31. The zero-order valence-electron chi connectivity index (χ0n) is 10.2. The standard InChI is InChI=1S/C10H20N4O3/c1-6(2)7(11)3-10(17)14(4-8(12)15)5-9(13)16/h6-7H,3-5,11H2,1-2H3,(H2,12,15)(H2,13,16). The normalized spacial score (nSPS) is 12.2. The van der Waals surface area contributed by atoms with E-state index in [1.165, 1.54) is 0 Å². The van der Waals surface area contributed by atoms with Crippen LogP contribution in [0.25, 0.3) is 0 Å². The minimum atomic E-state index is -0.697. The summed E-state index contributed by atoms with van der Waals surface area (Å²) in [5, 5.41) is 0. The highest BCUT2D eigenvalue weighted by atomic mass is 16.2. The van der Waals surface area contributed by atoms with E-state index in [1.54, 1.807) is 0 Å². The van der Waals surface area contributed by atoms with Crippen molar-refractivity contribution in [3.63, 3.8) is 0 Å². The highest BCUT2D eigenvalue weighted by Gasteiger charge is 2.21. The Balaban J connectivity index is 4.51. The van der Waals surface area contributed by atoms with Crippen molar-refractivity contribution in [1.82, 2.24) is 4.90 Å². The number of hydrogen-bond donors (Lipinski definition) is 3. The lowest BCUT2D eigenvalue weighted by atomic mass is 10.0. The van der Waals surface area contributed by atoms with Gasteiger partial charge in [0.15, 0.2) is 0 Å². The third kappa shape index (κ3) is 6.52. The Bertz CT molecular complexity index is 288. The quantitative estimate of drug-likeness (QED) is 0.485. The number of nitrogens with zero attached hydrogens (tertiary/aromatic N) is 1. The van der Waals surface area contributed by atoms with E-state index < -0.39 is 17.7 Å². The summed E-state index contributed by atoms with van der Waals surface area (Å²) in [6.45, 7) is 3.11.